The summed E-state index contributed by atoms with van der Waals surface area (Å²) in [5.74, 6) is -1.70. The highest BCUT2D eigenvalue weighted by molar-refractivity contribution is 5.93. The number of hydrogen-bond donors (Lipinski definition) is 2. The smallest absolute Gasteiger partial charge is 0.408 e. The quantitative estimate of drug-likeness (QED) is 0.400. The molecule has 0 bridgehead atoms. The molecule has 0 aliphatic heterocycles. The van der Waals surface area contributed by atoms with Crippen molar-refractivity contribution >= 4 is 23.9 Å². The van der Waals surface area contributed by atoms with E-state index < -0.39 is 35.7 Å². The van der Waals surface area contributed by atoms with Gasteiger partial charge in [-0.05, 0) is 52.5 Å². The average molecular weight is 520 g/mol. The van der Waals surface area contributed by atoms with Gasteiger partial charge in [-0.25, -0.2) is 4.79 Å². The van der Waals surface area contributed by atoms with E-state index >= 15 is 0 Å². The topological polar surface area (TPSA) is 114 Å². The molecule has 0 heterocycles. The minimum Gasteiger partial charge on any atom is -0.468 e. The highest BCUT2D eigenvalue weighted by Crippen LogP contribution is 2.27. The Hall–Kier alpha value is -3.10. The molecule has 0 spiro atoms. The van der Waals surface area contributed by atoms with Crippen LogP contribution in [0.1, 0.15) is 83.5 Å². The largest absolute Gasteiger partial charge is 0.468 e. The third-order valence-corrected chi connectivity index (χ3v) is 5.94. The van der Waals surface area contributed by atoms with Crippen molar-refractivity contribution in [3.05, 3.63) is 34.9 Å². The molecule has 0 fully saturated rings. The van der Waals surface area contributed by atoms with Crippen molar-refractivity contribution in [2.24, 2.45) is 5.92 Å². The summed E-state index contributed by atoms with van der Waals surface area (Å²) in [6, 6.07) is 3.80. The fourth-order valence-electron chi connectivity index (χ4n) is 3.96. The fraction of sp³-hybridized carbons (Fsp3) is 0.643. The zero-order valence-corrected chi connectivity index (χ0v) is 23.9. The van der Waals surface area contributed by atoms with Crippen LogP contribution >= 0.6 is 0 Å². The second-order valence-electron chi connectivity index (χ2n) is 10.5. The molecule has 3 atom stereocenters. The van der Waals surface area contributed by atoms with E-state index in [4.69, 9.17) is 4.74 Å². The van der Waals surface area contributed by atoms with Crippen molar-refractivity contribution in [1.29, 1.82) is 0 Å². The molecule has 1 aromatic rings. The molecule has 0 saturated heterocycles. The summed E-state index contributed by atoms with van der Waals surface area (Å²) in [5.41, 5.74) is 1.78. The van der Waals surface area contributed by atoms with Gasteiger partial charge in [-0.2, -0.15) is 0 Å². The number of methoxy groups -OCH3 is 1. The van der Waals surface area contributed by atoms with Gasteiger partial charge in [0.2, 0.25) is 11.8 Å². The van der Waals surface area contributed by atoms with Crippen LogP contribution in [0.4, 0.5) is 4.79 Å². The molecule has 3 amide bonds. The minimum absolute atomic E-state index is 0.220. The van der Waals surface area contributed by atoms with Crippen molar-refractivity contribution in [1.82, 2.24) is 15.5 Å². The van der Waals surface area contributed by atoms with Crippen molar-refractivity contribution in [3.63, 3.8) is 0 Å². The van der Waals surface area contributed by atoms with Crippen LogP contribution in [-0.2, 0) is 23.9 Å². The molecule has 37 heavy (non-hydrogen) atoms. The van der Waals surface area contributed by atoms with Crippen LogP contribution in [0, 0.1) is 19.8 Å². The van der Waals surface area contributed by atoms with Gasteiger partial charge in [0, 0.05) is 6.54 Å². The van der Waals surface area contributed by atoms with Crippen LogP contribution in [0.25, 0.3) is 0 Å². The lowest BCUT2D eigenvalue weighted by molar-refractivity contribution is -0.145. The number of amides is 3. The number of ether oxygens (including phenoxy) is 2. The zero-order valence-electron chi connectivity index (χ0n) is 23.9. The Balaban J connectivity index is 3.55. The molecule has 1 aromatic carbocycles. The van der Waals surface area contributed by atoms with Gasteiger partial charge in [-0.1, -0.05) is 62.9 Å². The van der Waals surface area contributed by atoms with E-state index in [1.807, 2.05) is 52.8 Å². The van der Waals surface area contributed by atoms with Gasteiger partial charge in [-0.15, -0.1) is 0 Å². The van der Waals surface area contributed by atoms with Crippen molar-refractivity contribution < 1.29 is 28.7 Å². The number of nitrogens with zero attached hydrogens (tertiary/aromatic N) is 1. The highest BCUT2D eigenvalue weighted by Gasteiger charge is 2.38. The lowest BCUT2D eigenvalue weighted by Crippen LogP contribution is -2.55. The van der Waals surface area contributed by atoms with Crippen molar-refractivity contribution in [2.75, 3.05) is 20.2 Å². The van der Waals surface area contributed by atoms with Crippen LogP contribution in [0.5, 0.6) is 0 Å². The SMILES string of the molecule is CCCCN(C(=O)C(NC(=O)OC(C)(C)C)C(C)CC)C(C(=O)NCC(=O)OC)c1cc(C)cc(C)c1. The fourth-order valence-corrected chi connectivity index (χ4v) is 3.96. The Morgan fingerprint density at radius 3 is 2.11 bits per heavy atom. The molecule has 3 unspecified atom stereocenters. The molecule has 208 valence electrons. The summed E-state index contributed by atoms with van der Waals surface area (Å²) in [5, 5.41) is 5.37. The van der Waals surface area contributed by atoms with E-state index in [1.165, 1.54) is 12.0 Å². The maximum absolute atomic E-state index is 14.1. The number of carbonyl (C=O) groups excluding carboxylic acids is 4. The van der Waals surface area contributed by atoms with Crippen molar-refractivity contribution in [3.8, 4) is 0 Å². The van der Waals surface area contributed by atoms with Gasteiger partial charge < -0.3 is 25.0 Å². The highest BCUT2D eigenvalue weighted by atomic mass is 16.6. The summed E-state index contributed by atoms with van der Waals surface area (Å²) < 4.78 is 10.1. The molecule has 2 N–H and O–H groups in total. The molecular weight excluding hydrogens is 474 g/mol. The first-order valence-corrected chi connectivity index (χ1v) is 13.0. The number of benzene rings is 1. The normalized spacial score (nSPS) is 13.6. The van der Waals surface area contributed by atoms with E-state index in [-0.39, 0.29) is 18.4 Å². The molecular formula is C28H45N3O6. The number of unbranched alkanes of at least 4 members (excludes halogenated alkanes) is 1. The van der Waals surface area contributed by atoms with Gasteiger partial charge in [0.1, 0.15) is 24.2 Å². The Morgan fingerprint density at radius 1 is 1.03 bits per heavy atom. The maximum atomic E-state index is 14.1. The van der Waals surface area contributed by atoms with Crippen LogP contribution in [0.3, 0.4) is 0 Å². The molecule has 0 aromatic heterocycles. The van der Waals surface area contributed by atoms with E-state index in [0.717, 1.165) is 17.5 Å². The molecule has 0 aliphatic carbocycles. The number of hydrogen-bond acceptors (Lipinski definition) is 6. The summed E-state index contributed by atoms with van der Waals surface area (Å²) in [6.45, 7) is 14.9. The second kappa shape index (κ2) is 14.6. The van der Waals surface area contributed by atoms with Gasteiger partial charge in [0.05, 0.1) is 7.11 Å². The number of nitrogens with one attached hydrogen (secondary N) is 2. The maximum Gasteiger partial charge on any atom is 0.408 e. The molecule has 0 radical (unpaired) electrons. The third kappa shape index (κ3) is 10.4. The molecule has 9 nitrogen and oxygen atoms in total. The molecule has 1 rings (SSSR count). The molecule has 0 aliphatic rings. The summed E-state index contributed by atoms with van der Waals surface area (Å²) in [6.07, 6.45) is 1.37. The van der Waals surface area contributed by atoms with E-state index in [1.54, 1.807) is 20.8 Å². The van der Waals surface area contributed by atoms with E-state index in [9.17, 15) is 19.2 Å². The number of rotatable bonds is 12. The van der Waals surface area contributed by atoms with Crippen LogP contribution < -0.4 is 10.6 Å². The zero-order chi connectivity index (χ0) is 28.3. The number of aryl methyl sites for hydroxylation is 2. The van der Waals surface area contributed by atoms with Crippen LogP contribution in [-0.4, -0.2) is 60.6 Å². The molecule has 0 saturated carbocycles. The number of esters is 1. The van der Waals surface area contributed by atoms with Crippen LogP contribution in [0.2, 0.25) is 0 Å². The van der Waals surface area contributed by atoms with Crippen molar-refractivity contribution in [2.45, 2.75) is 92.3 Å². The minimum atomic E-state index is -1.01. The first-order valence-electron chi connectivity index (χ1n) is 13.0. The standard InChI is InChI=1S/C28H45N3O6/c1-10-12-13-31(26(34)23(20(5)11-2)30-27(35)37-28(6,7)8)24(25(33)29-17-22(32)36-9)21-15-18(3)14-19(4)16-21/h14-16,20,23-24H,10-13,17H2,1-9H3,(H,29,33)(H,30,35). The Kier molecular flexibility index (Phi) is 12.6. The summed E-state index contributed by atoms with van der Waals surface area (Å²) >= 11 is 0. The predicted molar refractivity (Wildman–Crippen MR) is 143 cm³/mol. The van der Waals surface area contributed by atoms with E-state index in [2.05, 4.69) is 15.4 Å². The average Bonchev–Trinajstić information content (AvgIpc) is 2.80. The van der Waals surface area contributed by atoms with E-state index in [0.29, 0.717) is 24.9 Å². The summed E-state index contributed by atoms with van der Waals surface area (Å²) in [4.78, 5) is 53.6. The number of carbonyl (C=O) groups is 4. The second-order valence-corrected chi connectivity index (χ2v) is 10.5. The Labute approximate surface area is 221 Å². The van der Waals surface area contributed by atoms with Gasteiger partial charge in [-0.3, -0.25) is 14.4 Å². The first kappa shape index (κ1) is 31.9. The predicted octanol–water partition coefficient (Wildman–Crippen LogP) is 4.20. The Bertz CT molecular complexity index is 920. The Morgan fingerprint density at radius 2 is 1.62 bits per heavy atom. The first-order chi connectivity index (χ1) is 17.2. The summed E-state index contributed by atoms with van der Waals surface area (Å²) in [7, 11) is 1.24. The lowest BCUT2D eigenvalue weighted by atomic mass is 9.94. The van der Waals surface area contributed by atoms with Gasteiger partial charge in [0.15, 0.2) is 0 Å². The lowest BCUT2D eigenvalue weighted by Gasteiger charge is -2.36. The third-order valence-electron chi connectivity index (χ3n) is 5.94. The van der Waals surface area contributed by atoms with Gasteiger partial charge >= 0.3 is 12.1 Å². The van der Waals surface area contributed by atoms with Gasteiger partial charge in [0.25, 0.3) is 0 Å². The number of alkyl carbamates (subject to hydrolysis) is 1. The molecule has 9 heteroatoms. The monoisotopic (exact) mass is 519 g/mol. The van der Waals surface area contributed by atoms with Crippen LogP contribution in [0.15, 0.2) is 18.2 Å².